The van der Waals surface area contributed by atoms with E-state index in [1.165, 1.54) is 12.1 Å². The predicted octanol–water partition coefficient (Wildman–Crippen LogP) is 1.60. The van der Waals surface area contributed by atoms with Crippen molar-refractivity contribution in [1.82, 2.24) is 5.43 Å². The molecule has 1 rings (SSSR count). The van der Waals surface area contributed by atoms with E-state index in [-0.39, 0.29) is 5.56 Å². The molecular weight excluding hydrogens is 181 g/mol. The van der Waals surface area contributed by atoms with Crippen LogP contribution in [0.3, 0.4) is 0 Å². The third-order valence-corrected chi connectivity index (χ3v) is 1.66. The average molecular weight is 190 g/mol. The molecule has 0 radical (unpaired) electrons. The molecule has 0 bridgehead atoms. The zero-order chi connectivity index (χ0) is 9.84. The van der Waals surface area contributed by atoms with Gasteiger partial charge < -0.3 is 0 Å². The van der Waals surface area contributed by atoms with Gasteiger partial charge in [0.05, 0.1) is 0 Å². The molecule has 0 aliphatic heterocycles. The van der Waals surface area contributed by atoms with Gasteiger partial charge >= 0.3 is 0 Å². The Hall–Kier alpha value is -1.07. The minimum absolute atomic E-state index is 0.263. The van der Waals surface area contributed by atoms with Crippen LogP contribution in [0.2, 0.25) is 0 Å². The molecule has 2 nitrogen and oxygen atoms in total. The number of rotatable bonds is 3. The van der Waals surface area contributed by atoms with Gasteiger partial charge in [-0.05, 0) is 17.7 Å². The smallest absolute Gasteiger partial charge is 0.259 e. The average Bonchev–Trinajstić information content (AvgIpc) is 2.09. The van der Waals surface area contributed by atoms with Gasteiger partial charge in [-0.25, -0.2) is 18.6 Å². The lowest BCUT2D eigenvalue weighted by molar-refractivity contribution is 0.0986. The van der Waals surface area contributed by atoms with E-state index in [2.05, 4.69) is 0 Å². The van der Waals surface area contributed by atoms with Crippen LogP contribution in [-0.2, 0) is 0 Å². The number of halogens is 3. The highest BCUT2D eigenvalue weighted by Crippen LogP contribution is 2.19. The summed E-state index contributed by atoms with van der Waals surface area (Å²) in [4.78, 5) is 0. The van der Waals surface area contributed by atoms with Crippen LogP contribution in [-0.4, -0.2) is 6.43 Å². The monoisotopic (exact) mass is 190 g/mol. The zero-order valence-corrected chi connectivity index (χ0v) is 6.68. The van der Waals surface area contributed by atoms with Gasteiger partial charge in [0, 0.05) is 0 Å². The van der Waals surface area contributed by atoms with Crippen molar-refractivity contribution in [1.29, 1.82) is 0 Å². The van der Waals surface area contributed by atoms with Crippen molar-refractivity contribution < 1.29 is 13.2 Å². The Kier molecular flexibility index (Phi) is 3.27. The molecule has 0 aliphatic rings. The van der Waals surface area contributed by atoms with Crippen LogP contribution < -0.4 is 11.3 Å². The van der Waals surface area contributed by atoms with Gasteiger partial charge in [0.1, 0.15) is 11.9 Å². The van der Waals surface area contributed by atoms with Gasteiger partial charge in [0.2, 0.25) is 0 Å². The molecule has 0 aromatic heterocycles. The first kappa shape index (κ1) is 10.0. The molecule has 0 spiro atoms. The second kappa shape index (κ2) is 4.25. The summed E-state index contributed by atoms with van der Waals surface area (Å²) in [5, 5.41) is 0. The van der Waals surface area contributed by atoms with Gasteiger partial charge in [-0.1, -0.05) is 12.1 Å². The zero-order valence-electron chi connectivity index (χ0n) is 6.68. The first-order valence-electron chi connectivity index (χ1n) is 3.65. The first-order chi connectivity index (χ1) is 6.15. The molecule has 1 unspecified atom stereocenters. The summed E-state index contributed by atoms with van der Waals surface area (Å²) in [6.07, 6.45) is -2.62. The van der Waals surface area contributed by atoms with Crippen molar-refractivity contribution in [2.24, 2.45) is 5.84 Å². The lowest BCUT2D eigenvalue weighted by Crippen LogP contribution is -2.32. The van der Waals surface area contributed by atoms with E-state index in [4.69, 9.17) is 5.84 Å². The standard InChI is InChI=1S/C8H9F3N2/c9-6-3-1-5(2-4-6)7(13-12)8(10)11/h1-4,7-8,13H,12H2. The van der Waals surface area contributed by atoms with Gasteiger partial charge in [-0.2, -0.15) is 0 Å². The Bertz CT molecular complexity index is 261. The van der Waals surface area contributed by atoms with Crippen molar-refractivity contribution in [2.75, 3.05) is 0 Å². The Morgan fingerprint density at radius 3 is 2.08 bits per heavy atom. The summed E-state index contributed by atoms with van der Waals surface area (Å²) in [5.41, 5.74) is 2.23. The fourth-order valence-corrected chi connectivity index (χ4v) is 0.985. The fraction of sp³-hybridized carbons (Fsp3) is 0.250. The molecule has 0 saturated heterocycles. The van der Waals surface area contributed by atoms with Crippen molar-refractivity contribution in [2.45, 2.75) is 12.5 Å². The van der Waals surface area contributed by atoms with E-state index in [0.29, 0.717) is 0 Å². The molecule has 5 heteroatoms. The third kappa shape index (κ3) is 2.43. The number of alkyl halides is 2. The van der Waals surface area contributed by atoms with Crippen molar-refractivity contribution in [3.63, 3.8) is 0 Å². The SMILES string of the molecule is NNC(c1ccc(F)cc1)C(F)F. The highest BCUT2D eigenvalue weighted by atomic mass is 19.3. The normalized spacial score (nSPS) is 13.3. The van der Waals surface area contributed by atoms with Crippen molar-refractivity contribution in [3.05, 3.63) is 35.6 Å². The van der Waals surface area contributed by atoms with Gasteiger partial charge in [-0.3, -0.25) is 5.84 Å². The highest BCUT2D eigenvalue weighted by molar-refractivity contribution is 5.20. The summed E-state index contributed by atoms with van der Waals surface area (Å²) >= 11 is 0. The number of hydrogen-bond acceptors (Lipinski definition) is 2. The Labute approximate surface area is 73.5 Å². The molecule has 1 aromatic carbocycles. The van der Waals surface area contributed by atoms with E-state index >= 15 is 0 Å². The lowest BCUT2D eigenvalue weighted by Gasteiger charge is -2.14. The van der Waals surface area contributed by atoms with E-state index in [0.717, 1.165) is 12.1 Å². The van der Waals surface area contributed by atoms with Crippen LogP contribution in [0.25, 0.3) is 0 Å². The number of benzene rings is 1. The minimum Gasteiger partial charge on any atom is -0.271 e. The third-order valence-electron chi connectivity index (χ3n) is 1.66. The van der Waals surface area contributed by atoms with E-state index < -0.39 is 18.3 Å². The molecule has 0 aliphatic carbocycles. The summed E-state index contributed by atoms with van der Waals surface area (Å²) in [5.74, 6) is 4.46. The van der Waals surface area contributed by atoms with E-state index in [9.17, 15) is 13.2 Å². The number of nitrogens with two attached hydrogens (primary N) is 1. The molecule has 0 saturated carbocycles. The minimum atomic E-state index is -2.62. The van der Waals surface area contributed by atoms with Crippen LogP contribution in [0.5, 0.6) is 0 Å². The van der Waals surface area contributed by atoms with E-state index in [1.807, 2.05) is 5.43 Å². The second-order valence-electron chi connectivity index (χ2n) is 2.53. The maximum absolute atomic E-state index is 12.4. The molecule has 0 fully saturated rings. The second-order valence-corrected chi connectivity index (χ2v) is 2.53. The summed E-state index contributed by atoms with van der Waals surface area (Å²) in [6, 6.07) is 3.52. The van der Waals surface area contributed by atoms with Crippen LogP contribution in [0, 0.1) is 5.82 Å². The highest BCUT2D eigenvalue weighted by Gasteiger charge is 2.20. The Balaban J connectivity index is 2.86. The molecule has 72 valence electrons. The Morgan fingerprint density at radius 2 is 1.69 bits per heavy atom. The number of nitrogens with one attached hydrogen (secondary N) is 1. The molecule has 1 atom stereocenters. The summed E-state index contributed by atoms with van der Waals surface area (Å²) in [6.45, 7) is 0. The van der Waals surface area contributed by atoms with Crippen LogP contribution in [0.1, 0.15) is 11.6 Å². The molecule has 0 heterocycles. The lowest BCUT2D eigenvalue weighted by atomic mass is 10.1. The summed E-state index contributed by atoms with van der Waals surface area (Å²) < 4.78 is 36.9. The van der Waals surface area contributed by atoms with Gasteiger partial charge in [0.25, 0.3) is 6.43 Å². The number of hydrogen-bond donors (Lipinski definition) is 2. The first-order valence-corrected chi connectivity index (χ1v) is 3.65. The quantitative estimate of drug-likeness (QED) is 0.561. The maximum Gasteiger partial charge on any atom is 0.259 e. The molecule has 3 N–H and O–H groups in total. The van der Waals surface area contributed by atoms with Gasteiger partial charge in [0.15, 0.2) is 0 Å². The summed E-state index contributed by atoms with van der Waals surface area (Å²) in [7, 11) is 0. The predicted molar refractivity (Wildman–Crippen MR) is 42.5 cm³/mol. The van der Waals surface area contributed by atoms with Crippen LogP contribution >= 0.6 is 0 Å². The fourth-order valence-electron chi connectivity index (χ4n) is 0.985. The molecule has 0 amide bonds. The van der Waals surface area contributed by atoms with Crippen LogP contribution in [0.15, 0.2) is 24.3 Å². The molecule has 1 aromatic rings. The van der Waals surface area contributed by atoms with Crippen molar-refractivity contribution >= 4 is 0 Å². The van der Waals surface area contributed by atoms with Crippen LogP contribution in [0.4, 0.5) is 13.2 Å². The molecular formula is C8H9F3N2. The largest absolute Gasteiger partial charge is 0.271 e. The molecule has 13 heavy (non-hydrogen) atoms. The van der Waals surface area contributed by atoms with E-state index in [1.54, 1.807) is 0 Å². The van der Waals surface area contributed by atoms with Crippen molar-refractivity contribution in [3.8, 4) is 0 Å². The maximum atomic E-state index is 12.4. The number of hydrazine groups is 1. The topological polar surface area (TPSA) is 38.0 Å². The van der Waals surface area contributed by atoms with Gasteiger partial charge in [-0.15, -0.1) is 0 Å². The Morgan fingerprint density at radius 1 is 1.15 bits per heavy atom.